The van der Waals surface area contributed by atoms with E-state index < -0.39 is 0 Å². The summed E-state index contributed by atoms with van der Waals surface area (Å²) in [5, 5.41) is 3.28. The minimum Gasteiger partial charge on any atom is -0.399 e. The Bertz CT molecular complexity index is 494. The molecule has 0 saturated carbocycles. The molecule has 1 amide bonds. The van der Waals surface area contributed by atoms with Gasteiger partial charge in [-0.05, 0) is 44.5 Å². The molecule has 1 atom stereocenters. The second kappa shape index (κ2) is 7.64. The van der Waals surface area contributed by atoms with Gasteiger partial charge in [0.25, 0.3) is 0 Å². The molecule has 2 rings (SSSR count). The van der Waals surface area contributed by atoms with Crippen LogP contribution in [0.15, 0.2) is 18.2 Å². The summed E-state index contributed by atoms with van der Waals surface area (Å²) < 4.78 is 5.64. The Labute approximate surface area is 130 Å². The fourth-order valence-corrected chi connectivity index (χ4v) is 2.79. The van der Waals surface area contributed by atoms with Crippen LogP contribution in [0.2, 0.25) is 5.02 Å². The van der Waals surface area contributed by atoms with Crippen molar-refractivity contribution in [2.24, 2.45) is 0 Å². The molecule has 1 fully saturated rings. The molecule has 0 radical (unpaired) electrons. The molecule has 1 aliphatic heterocycles. The van der Waals surface area contributed by atoms with Crippen molar-refractivity contribution in [1.82, 2.24) is 4.90 Å². The lowest BCUT2D eigenvalue weighted by Gasteiger charge is -2.31. The number of nitrogens with one attached hydrogen (secondary N) is 1. The van der Waals surface area contributed by atoms with E-state index in [1.165, 1.54) is 0 Å². The number of carbonyl (C=O) groups excluding carboxylic acids is 1. The SMILES string of the molecule is CCOC1CCCN(CC(=O)Nc2ccc(N)cc2Cl)C1. The van der Waals surface area contributed by atoms with Crippen molar-refractivity contribution in [3.05, 3.63) is 23.2 Å². The predicted molar refractivity (Wildman–Crippen MR) is 85.6 cm³/mol. The van der Waals surface area contributed by atoms with Gasteiger partial charge in [0.1, 0.15) is 0 Å². The molecule has 0 aromatic heterocycles. The first-order chi connectivity index (χ1) is 10.1. The van der Waals surface area contributed by atoms with E-state index in [1.54, 1.807) is 18.2 Å². The minimum absolute atomic E-state index is 0.0705. The van der Waals surface area contributed by atoms with E-state index in [-0.39, 0.29) is 12.0 Å². The summed E-state index contributed by atoms with van der Waals surface area (Å²) in [5.41, 5.74) is 6.80. The monoisotopic (exact) mass is 311 g/mol. The third kappa shape index (κ3) is 4.88. The van der Waals surface area contributed by atoms with Gasteiger partial charge < -0.3 is 15.8 Å². The van der Waals surface area contributed by atoms with Gasteiger partial charge in [-0.3, -0.25) is 9.69 Å². The van der Waals surface area contributed by atoms with Crippen LogP contribution in [-0.4, -0.2) is 43.2 Å². The highest BCUT2D eigenvalue weighted by Gasteiger charge is 2.21. The second-order valence-corrected chi connectivity index (χ2v) is 5.65. The molecule has 1 aromatic rings. The Hall–Kier alpha value is -1.30. The molecular weight excluding hydrogens is 290 g/mol. The predicted octanol–water partition coefficient (Wildman–Crippen LogP) is 2.36. The van der Waals surface area contributed by atoms with E-state index in [1.807, 2.05) is 6.92 Å². The zero-order valence-electron chi connectivity index (χ0n) is 12.3. The lowest BCUT2D eigenvalue weighted by molar-refractivity contribution is -0.118. The Morgan fingerprint density at radius 2 is 2.38 bits per heavy atom. The van der Waals surface area contributed by atoms with Crippen LogP contribution in [0.4, 0.5) is 11.4 Å². The average molecular weight is 312 g/mol. The number of hydrogen-bond donors (Lipinski definition) is 2. The zero-order chi connectivity index (χ0) is 15.2. The number of benzene rings is 1. The Balaban J connectivity index is 1.86. The summed E-state index contributed by atoms with van der Waals surface area (Å²) in [4.78, 5) is 14.2. The summed E-state index contributed by atoms with van der Waals surface area (Å²) in [6.07, 6.45) is 2.35. The Morgan fingerprint density at radius 3 is 3.10 bits per heavy atom. The van der Waals surface area contributed by atoms with Gasteiger partial charge in [-0.25, -0.2) is 0 Å². The molecule has 1 aromatic carbocycles. The highest BCUT2D eigenvalue weighted by atomic mass is 35.5. The van der Waals surface area contributed by atoms with E-state index in [0.717, 1.165) is 25.9 Å². The maximum absolute atomic E-state index is 12.1. The summed E-state index contributed by atoms with van der Waals surface area (Å²) in [7, 11) is 0. The van der Waals surface area contributed by atoms with Crippen molar-refractivity contribution in [2.45, 2.75) is 25.9 Å². The number of anilines is 2. The number of carbonyl (C=O) groups is 1. The molecule has 0 aliphatic carbocycles. The first-order valence-corrected chi connectivity index (χ1v) is 7.65. The molecule has 116 valence electrons. The highest BCUT2D eigenvalue weighted by Crippen LogP contribution is 2.24. The maximum Gasteiger partial charge on any atom is 0.238 e. The molecule has 21 heavy (non-hydrogen) atoms. The highest BCUT2D eigenvalue weighted by molar-refractivity contribution is 6.34. The van der Waals surface area contributed by atoms with Gasteiger partial charge in [0.05, 0.1) is 23.4 Å². The average Bonchev–Trinajstić information content (AvgIpc) is 2.43. The molecular formula is C15H22ClN3O2. The Morgan fingerprint density at radius 1 is 1.57 bits per heavy atom. The lowest BCUT2D eigenvalue weighted by Crippen LogP contribution is -2.43. The molecule has 0 spiro atoms. The van der Waals surface area contributed by atoms with E-state index in [0.29, 0.717) is 29.5 Å². The van der Waals surface area contributed by atoms with Crippen LogP contribution in [0.5, 0.6) is 0 Å². The number of piperidine rings is 1. The number of nitrogens with zero attached hydrogens (tertiary/aromatic N) is 1. The smallest absolute Gasteiger partial charge is 0.238 e. The molecule has 3 N–H and O–H groups in total. The van der Waals surface area contributed by atoms with Crippen molar-refractivity contribution < 1.29 is 9.53 Å². The first-order valence-electron chi connectivity index (χ1n) is 7.27. The number of likely N-dealkylation sites (tertiary alicyclic amines) is 1. The van der Waals surface area contributed by atoms with Crippen LogP contribution < -0.4 is 11.1 Å². The third-order valence-corrected chi connectivity index (χ3v) is 3.81. The number of amides is 1. The van der Waals surface area contributed by atoms with Gasteiger partial charge in [0.15, 0.2) is 0 Å². The summed E-state index contributed by atoms with van der Waals surface area (Å²) >= 11 is 6.05. The van der Waals surface area contributed by atoms with Crippen LogP contribution in [0.25, 0.3) is 0 Å². The number of halogens is 1. The van der Waals surface area contributed by atoms with Crippen molar-refractivity contribution >= 4 is 28.9 Å². The van der Waals surface area contributed by atoms with Crippen molar-refractivity contribution in [3.63, 3.8) is 0 Å². The fraction of sp³-hybridized carbons (Fsp3) is 0.533. The fourth-order valence-electron chi connectivity index (χ4n) is 2.55. The summed E-state index contributed by atoms with van der Waals surface area (Å²) in [6, 6.07) is 5.06. The first kappa shape index (κ1) is 16.1. The van der Waals surface area contributed by atoms with Crippen LogP contribution in [0.1, 0.15) is 19.8 Å². The van der Waals surface area contributed by atoms with Gasteiger partial charge in [0, 0.05) is 18.8 Å². The van der Waals surface area contributed by atoms with E-state index in [9.17, 15) is 4.79 Å². The largest absolute Gasteiger partial charge is 0.399 e. The van der Waals surface area contributed by atoms with Crippen molar-refractivity contribution in [1.29, 1.82) is 0 Å². The van der Waals surface area contributed by atoms with Gasteiger partial charge in [-0.1, -0.05) is 11.6 Å². The molecule has 0 bridgehead atoms. The molecule has 1 unspecified atom stereocenters. The van der Waals surface area contributed by atoms with E-state index >= 15 is 0 Å². The van der Waals surface area contributed by atoms with Crippen LogP contribution in [0.3, 0.4) is 0 Å². The van der Waals surface area contributed by atoms with Gasteiger partial charge >= 0.3 is 0 Å². The van der Waals surface area contributed by atoms with Gasteiger partial charge in [0.2, 0.25) is 5.91 Å². The third-order valence-electron chi connectivity index (χ3n) is 3.50. The zero-order valence-corrected chi connectivity index (χ0v) is 13.0. The Kier molecular flexibility index (Phi) is 5.85. The maximum atomic E-state index is 12.1. The second-order valence-electron chi connectivity index (χ2n) is 5.24. The van der Waals surface area contributed by atoms with Crippen molar-refractivity contribution in [3.8, 4) is 0 Å². The van der Waals surface area contributed by atoms with Crippen LogP contribution >= 0.6 is 11.6 Å². The van der Waals surface area contributed by atoms with Gasteiger partial charge in [-0.15, -0.1) is 0 Å². The summed E-state index contributed by atoms with van der Waals surface area (Å²) in [5.74, 6) is -0.0705. The number of ether oxygens (including phenoxy) is 1. The van der Waals surface area contributed by atoms with E-state index in [2.05, 4.69) is 10.2 Å². The van der Waals surface area contributed by atoms with Crippen LogP contribution in [-0.2, 0) is 9.53 Å². The molecule has 1 saturated heterocycles. The molecule has 1 aliphatic rings. The number of rotatable bonds is 5. The van der Waals surface area contributed by atoms with Crippen LogP contribution in [0, 0.1) is 0 Å². The lowest BCUT2D eigenvalue weighted by atomic mass is 10.1. The number of nitrogen functional groups attached to an aromatic ring is 1. The number of nitrogens with two attached hydrogens (primary N) is 1. The van der Waals surface area contributed by atoms with Crippen molar-refractivity contribution in [2.75, 3.05) is 37.3 Å². The molecule has 5 nitrogen and oxygen atoms in total. The quantitative estimate of drug-likeness (QED) is 0.819. The standard InChI is InChI=1S/C15H22ClN3O2/c1-2-21-12-4-3-7-19(9-12)10-15(20)18-14-6-5-11(17)8-13(14)16/h5-6,8,12H,2-4,7,9-10,17H2,1H3,(H,18,20). The normalized spacial score (nSPS) is 19.4. The topological polar surface area (TPSA) is 67.6 Å². The minimum atomic E-state index is -0.0705. The molecule has 6 heteroatoms. The van der Waals surface area contributed by atoms with E-state index in [4.69, 9.17) is 22.1 Å². The van der Waals surface area contributed by atoms with Gasteiger partial charge in [-0.2, -0.15) is 0 Å². The molecule has 1 heterocycles. The number of hydrogen-bond acceptors (Lipinski definition) is 4. The summed E-state index contributed by atoms with van der Waals surface area (Å²) in [6.45, 7) is 4.79.